The van der Waals surface area contributed by atoms with Crippen molar-refractivity contribution in [3.63, 3.8) is 0 Å². The van der Waals surface area contributed by atoms with Gasteiger partial charge in [0.2, 0.25) is 0 Å². The van der Waals surface area contributed by atoms with Crippen molar-refractivity contribution >= 4 is 65.9 Å². The Morgan fingerprint density at radius 2 is 0.855 bits per heavy atom. The molecule has 0 saturated carbocycles. The van der Waals surface area contributed by atoms with Gasteiger partial charge in [0.15, 0.2) is 0 Å². The highest BCUT2D eigenvalue weighted by molar-refractivity contribution is 6.23. The molecule has 69 heavy (non-hydrogen) atoms. The summed E-state index contributed by atoms with van der Waals surface area (Å²) in [6, 6.07) is 98.6. The summed E-state index contributed by atoms with van der Waals surface area (Å²) in [5.41, 5.74) is 18.9. The van der Waals surface area contributed by atoms with E-state index in [1.807, 2.05) is 0 Å². The van der Waals surface area contributed by atoms with E-state index in [-0.39, 0.29) is 0 Å². The van der Waals surface area contributed by atoms with Gasteiger partial charge in [0.25, 0.3) is 0 Å². The molecule has 13 aromatic rings. The van der Waals surface area contributed by atoms with Crippen molar-refractivity contribution in [2.45, 2.75) is 5.41 Å². The van der Waals surface area contributed by atoms with Crippen LogP contribution in [0.25, 0.3) is 82.2 Å². The maximum absolute atomic E-state index is 2.54. The fraction of sp³-hybridized carbons (Fsp3) is 0.0149. The van der Waals surface area contributed by atoms with E-state index in [1.54, 1.807) is 0 Å². The molecular weight excluding hydrogens is 833 g/mol. The van der Waals surface area contributed by atoms with Crippen molar-refractivity contribution in [2.75, 3.05) is 4.90 Å². The molecule has 0 atom stereocenters. The molecule has 0 bridgehead atoms. The molecule has 2 heteroatoms. The van der Waals surface area contributed by atoms with Gasteiger partial charge in [0.1, 0.15) is 0 Å². The lowest BCUT2D eigenvalue weighted by Gasteiger charge is -2.35. The Hall–Kier alpha value is -8.98. The molecule has 1 aliphatic rings. The molecule has 1 aliphatic carbocycles. The van der Waals surface area contributed by atoms with Crippen LogP contribution in [0.4, 0.5) is 17.1 Å². The van der Waals surface area contributed by atoms with E-state index in [1.165, 1.54) is 98.9 Å². The smallest absolute Gasteiger partial charge is 0.0714 e. The van der Waals surface area contributed by atoms with E-state index < -0.39 is 5.41 Å². The van der Waals surface area contributed by atoms with Crippen molar-refractivity contribution in [3.05, 3.63) is 289 Å². The maximum atomic E-state index is 2.54. The minimum atomic E-state index is -0.518. The lowest BCUT2D eigenvalue weighted by Crippen LogP contribution is -2.28. The Balaban J connectivity index is 0.995. The fourth-order valence-corrected chi connectivity index (χ4v) is 11.9. The largest absolute Gasteiger partial charge is 0.310 e. The van der Waals surface area contributed by atoms with Gasteiger partial charge >= 0.3 is 0 Å². The summed E-state index contributed by atoms with van der Waals surface area (Å²) in [5.74, 6) is 0. The van der Waals surface area contributed by atoms with Gasteiger partial charge in [-0.15, -0.1) is 0 Å². The zero-order valence-corrected chi connectivity index (χ0v) is 37.8. The zero-order chi connectivity index (χ0) is 45.5. The standard InChI is InChI=1S/C67H44N2/c1-4-20-47(21-5-1)64-60-32-18-31-54(65(60)69-63-34-17-15-29-58(63)55-27-12-13-30-59(55)66(64)69)46-36-38-51(39-37-46)68(52-40-35-45-19-10-11-22-48(45)43-52)53-41-42-57-56-28-14-16-33-61(56)67(62(57)44-53,49-23-6-2-7-24-49)50-25-8-3-9-26-50/h1-44H. The molecule has 0 saturated heterocycles. The van der Waals surface area contributed by atoms with Crippen LogP contribution in [-0.4, -0.2) is 4.40 Å². The Labute approximate surface area is 401 Å². The second-order valence-corrected chi connectivity index (χ2v) is 18.4. The van der Waals surface area contributed by atoms with Gasteiger partial charge < -0.3 is 9.30 Å². The average molecular weight is 877 g/mol. The molecular formula is C67H44N2. The highest BCUT2D eigenvalue weighted by atomic mass is 15.1. The first kappa shape index (κ1) is 39.2. The van der Waals surface area contributed by atoms with Crippen LogP contribution in [0.15, 0.2) is 267 Å². The van der Waals surface area contributed by atoms with Crippen molar-refractivity contribution in [1.82, 2.24) is 4.40 Å². The SMILES string of the molecule is c1ccc(-c2c3cccc(-c4ccc(N(c5ccc6c(c5)C(c5ccccc5)(c5ccccc5)c5ccccc5-6)c5ccc6ccccc6c5)cc4)c3n3c4ccccc4c4ccccc4c23)cc1. The van der Waals surface area contributed by atoms with Crippen molar-refractivity contribution in [3.8, 4) is 33.4 Å². The highest BCUT2D eigenvalue weighted by Gasteiger charge is 2.46. The molecule has 0 N–H and O–H groups in total. The van der Waals surface area contributed by atoms with Crippen molar-refractivity contribution < 1.29 is 0 Å². The molecule has 14 rings (SSSR count). The first-order valence-electron chi connectivity index (χ1n) is 23.9. The number of para-hydroxylation sites is 2. The van der Waals surface area contributed by atoms with Crippen LogP contribution in [0.3, 0.4) is 0 Å². The molecule has 0 unspecified atom stereocenters. The maximum Gasteiger partial charge on any atom is 0.0714 e. The number of rotatable bonds is 7. The van der Waals surface area contributed by atoms with Gasteiger partial charge in [-0.25, -0.2) is 0 Å². The van der Waals surface area contributed by atoms with Gasteiger partial charge in [-0.3, -0.25) is 0 Å². The van der Waals surface area contributed by atoms with E-state index in [0.717, 1.165) is 22.6 Å². The zero-order valence-electron chi connectivity index (χ0n) is 37.8. The quantitative estimate of drug-likeness (QED) is 0.145. The summed E-state index contributed by atoms with van der Waals surface area (Å²) in [6.45, 7) is 0. The summed E-state index contributed by atoms with van der Waals surface area (Å²) in [5, 5.41) is 7.42. The van der Waals surface area contributed by atoms with Crippen LogP contribution in [-0.2, 0) is 5.41 Å². The van der Waals surface area contributed by atoms with Gasteiger partial charge in [-0.2, -0.15) is 0 Å². The van der Waals surface area contributed by atoms with E-state index in [9.17, 15) is 0 Å². The summed E-state index contributed by atoms with van der Waals surface area (Å²) >= 11 is 0. The second kappa shape index (κ2) is 15.6. The van der Waals surface area contributed by atoms with Crippen LogP contribution in [0.2, 0.25) is 0 Å². The number of fused-ring (bicyclic) bond motifs is 12. The number of anilines is 3. The minimum Gasteiger partial charge on any atom is -0.310 e. The predicted molar refractivity (Wildman–Crippen MR) is 290 cm³/mol. The summed E-state index contributed by atoms with van der Waals surface area (Å²) in [6.07, 6.45) is 0. The second-order valence-electron chi connectivity index (χ2n) is 18.4. The normalized spacial score (nSPS) is 12.8. The lowest BCUT2D eigenvalue weighted by molar-refractivity contribution is 0.768. The van der Waals surface area contributed by atoms with Crippen molar-refractivity contribution in [1.29, 1.82) is 0 Å². The Morgan fingerprint density at radius 1 is 0.304 bits per heavy atom. The number of hydrogen-bond acceptors (Lipinski definition) is 1. The van der Waals surface area contributed by atoms with Crippen LogP contribution in [0.1, 0.15) is 22.3 Å². The molecule has 11 aromatic carbocycles. The number of nitrogens with zero attached hydrogens (tertiary/aromatic N) is 2. The lowest BCUT2D eigenvalue weighted by atomic mass is 9.67. The number of benzene rings is 11. The number of aromatic nitrogens is 1. The fourth-order valence-electron chi connectivity index (χ4n) is 11.9. The molecule has 2 aromatic heterocycles. The van der Waals surface area contributed by atoms with Crippen LogP contribution >= 0.6 is 0 Å². The van der Waals surface area contributed by atoms with Gasteiger partial charge in [-0.1, -0.05) is 224 Å². The molecule has 2 nitrogen and oxygen atoms in total. The van der Waals surface area contributed by atoms with E-state index in [0.29, 0.717) is 0 Å². The molecule has 0 spiro atoms. The first-order valence-corrected chi connectivity index (χ1v) is 23.9. The van der Waals surface area contributed by atoms with Gasteiger partial charge in [0.05, 0.1) is 22.0 Å². The Kier molecular flexibility index (Phi) is 8.84. The van der Waals surface area contributed by atoms with Crippen molar-refractivity contribution in [2.24, 2.45) is 0 Å². The third-order valence-corrected chi connectivity index (χ3v) is 14.8. The summed E-state index contributed by atoms with van der Waals surface area (Å²) in [4.78, 5) is 2.45. The van der Waals surface area contributed by atoms with E-state index in [2.05, 4.69) is 276 Å². The molecule has 0 aliphatic heterocycles. The first-order chi connectivity index (χ1) is 34.3. The predicted octanol–water partition coefficient (Wildman–Crippen LogP) is 17.7. The minimum absolute atomic E-state index is 0.518. The average Bonchev–Trinajstić information content (AvgIpc) is 3.94. The van der Waals surface area contributed by atoms with Crippen LogP contribution < -0.4 is 4.90 Å². The number of pyridine rings is 1. The summed E-state index contributed by atoms with van der Waals surface area (Å²) < 4.78 is 2.54. The van der Waals surface area contributed by atoms with E-state index in [4.69, 9.17) is 0 Å². The molecule has 0 fully saturated rings. The highest BCUT2D eigenvalue weighted by Crippen LogP contribution is 2.57. The third kappa shape index (κ3) is 5.86. The Bertz CT molecular complexity index is 4070. The summed E-state index contributed by atoms with van der Waals surface area (Å²) in [7, 11) is 0. The number of hydrogen-bond donors (Lipinski definition) is 0. The molecule has 2 heterocycles. The Morgan fingerprint density at radius 3 is 1.62 bits per heavy atom. The monoisotopic (exact) mass is 876 g/mol. The molecule has 0 radical (unpaired) electrons. The van der Waals surface area contributed by atoms with Gasteiger partial charge in [0, 0.05) is 44.3 Å². The van der Waals surface area contributed by atoms with Gasteiger partial charge in [-0.05, 0) is 103 Å². The topological polar surface area (TPSA) is 7.65 Å². The molecule has 322 valence electrons. The third-order valence-electron chi connectivity index (χ3n) is 14.8. The van der Waals surface area contributed by atoms with E-state index >= 15 is 0 Å². The van der Waals surface area contributed by atoms with Crippen LogP contribution in [0.5, 0.6) is 0 Å². The van der Waals surface area contributed by atoms with Crippen LogP contribution in [0, 0.1) is 0 Å². The molecule has 0 amide bonds.